The molecule has 0 saturated heterocycles. The van der Waals surface area contributed by atoms with Gasteiger partial charge in [-0.3, -0.25) is 0 Å². The first-order chi connectivity index (χ1) is 13.3. The van der Waals surface area contributed by atoms with Crippen molar-refractivity contribution in [2.75, 3.05) is 0 Å². The van der Waals surface area contributed by atoms with Gasteiger partial charge in [0.2, 0.25) is 0 Å². The highest BCUT2D eigenvalue weighted by Crippen LogP contribution is 2.42. The Kier molecular flexibility index (Phi) is 5.25. The topological polar surface area (TPSA) is 0 Å². The molecular weight excluding hydrogens is 324 g/mol. The zero-order valence-corrected chi connectivity index (χ0v) is 16.3. The maximum Gasteiger partial charge on any atom is 0.0164 e. The van der Waals surface area contributed by atoms with Gasteiger partial charge in [0.05, 0.1) is 0 Å². The van der Waals surface area contributed by atoms with Crippen molar-refractivity contribution in [3.8, 4) is 22.3 Å². The molecule has 0 nitrogen and oxygen atoms in total. The predicted molar refractivity (Wildman–Crippen MR) is 118 cm³/mol. The summed E-state index contributed by atoms with van der Waals surface area (Å²) in [5, 5.41) is 0. The molecule has 135 valence electrons. The number of rotatable bonds is 6. The minimum atomic E-state index is 1.05. The molecule has 0 N–H and O–H groups in total. The zero-order chi connectivity index (χ0) is 18.6. The van der Waals surface area contributed by atoms with Crippen molar-refractivity contribution in [1.29, 1.82) is 0 Å². The van der Waals surface area contributed by atoms with Gasteiger partial charge in [-0.25, -0.2) is 0 Å². The smallest absolute Gasteiger partial charge is 0.0164 e. The first-order valence-electron chi connectivity index (χ1n) is 10.2. The number of benzene rings is 3. The number of fused-ring (bicyclic) bond motifs is 1. The third-order valence-electron chi connectivity index (χ3n) is 5.52. The van der Waals surface area contributed by atoms with Crippen LogP contribution in [-0.4, -0.2) is 0 Å². The highest BCUT2D eigenvalue weighted by Gasteiger charge is 2.21. The van der Waals surface area contributed by atoms with Crippen LogP contribution in [0, 0.1) is 6.42 Å². The van der Waals surface area contributed by atoms with Crippen LogP contribution >= 0.6 is 0 Å². The quantitative estimate of drug-likeness (QED) is 0.426. The summed E-state index contributed by atoms with van der Waals surface area (Å²) in [6.45, 7) is 4.52. The summed E-state index contributed by atoms with van der Waals surface area (Å²) in [4.78, 5) is 0. The second kappa shape index (κ2) is 7.96. The molecule has 1 radical (unpaired) electrons. The lowest BCUT2D eigenvalue weighted by Crippen LogP contribution is -1.95. The summed E-state index contributed by atoms with van der Waals surface area (Å²) in [6, 6.07) is 24.2. The molecule has 0 atom stereocenters. The van der Waals surface area contributed by atoms with E-state index in [9.17, 15) is 0 Å². The fourth-order valence-corrected chi connectivity index (χ4v) is 4.10. The monoisotopic (exact) mass is 351 g/mol. The van der Waals surface area contributed by atoms with Crippen molar-refractivity contribution >= 4 is 6.08 Å². The molecule has 0 amide bonds. The first kappa shape index (κ1) is 17.8. The Morgan fingerprint density at radius 2 is 1.48 bits per heavy atom. The van der Waals surface area contributed by atoms with Crippen LogP contribution in [0.15, 0.2) is 72.3 Å². The Labute approximate surface area is 163 Å². The van der Waals surface area contributed by atoms with Crippen LogP contribution in [0.2, 0.25) is 0 Å². The summed E-state index contributed by atoms with van der Waals surface area (Å²) < 4.78 is 0. The van der Waals surface area contributed by atoms with Gasteiger partial charge < -0.3 is 0 Å². The molecule has 4 rings (SSSR count). The van der Waals surface area contributed by atoms with Gasteiger partial charge in [0.1, 0.15) is 0 Å². The summed E-state index contributed by atoms with van der Waals surface area (Å²) >= 11 is 0. The molecule has 1 aliphatic rings. The molecule has 3 aromatic carbocycles. The van der Waals surface area contributed by atoms with Gasteiger partial charge in [-0.1, -0.05) is 98.6 Å². The Hall–Kier alpha value is -2.60. The van der Waals surface area contributed by atoms with Crippen LogP contribution in [0.1, 0.15) is 49.8 Å². The second-order valence-corrected chi connectivity index (χ2v) is 7.33. The van der Waals surface area contributed by atoms with Crippen LogP contribution < -0.4 is 0 Å². The lowest BCUT2D eigenvalue weighted by molar-refractivity contribution is 0.797. The molecular formula is C27H27. The fraction of sp³-hybridized carbons (Fsp3) is 0.222. The molecule has 0 unspecified atom stereocenters. The van der Waals surface area contributed by atoms with Gasteiger partial charge in [0.25, 0.3) is 0 Å². The molecule has 0 heteroatoms. The predicted octanol–water partition coefficient (Wildman–Crippen LogP) is 7.72. The lowest BCUT2D eigenvalue weighted by Gasteiger charge is -2.17. The van der Waals surface area contributed by atoms with E-state index in [1.807, 2.05) is 0 Å². The van der Waals surface area contributed by atoms with E-state index in [0.717, 1.165) is 6.42 Å². The number of aryl methyl sites for hydroxylation is 1. The van der Waals surface area contributed by atoms with E-state index in [0.29, 0.717) is 0 Å². The van der Waals surface area contributed by atoms with Crippen molar-refractivity contribution in [3.63, 3.8) is 0 Å². The summed E-state index contributed by atoms with van der Waals surface area (Å²) in [6.07, 6.45) is 9.54. The molecule has 0 bridgehead atoms. The molecule has 0 saturated carbocycles. The van der Waals surface area contributed by atoms with Gasteiger partial charge in [-0.2, -0.15) is 0 Å². The highest BCUT2D eigenvalue weighted by atomic mass is 14.2. The Morgan fingerprint density at radius 3 is 2.22 bits per heavy atom. The summed E-state index contributed by atoms with van der Waals surface area (Å²) in [5.74, 6) is 0. The molecule has 0 heterocycles. The maximum atomic E-state index is 2.43. The minimum absolute atomic E-state index is 1.05. The second-order valence-electron chi connectivity index (χ2n) is 7.33. The van der Waals surface area contributed by atoms with Gasteiger partial charge in [0, 0.05) is 6.42 Å². The van der Waals surface area contributed by atoms with E-state index in [4.69, 9.17) is 0 Å². The van der Waals surface area contributed by atoms with Gasteiger partial charge in [-0.05, 0) is 58.2 Å². The van der Waals surface area contributed by atoms with Crippen LogP contribution in [0.3, 0.4) is 0 Å². The summed E-state index contributed by atoms with van der Waals surface area (Å²) in [5.41, 5.74) is 11.0. The molecule has 0 aromatic heterocycles. The van der Waals surface area contributed by atoms with E-state index in [1.54, 1.807) is 0 Å². The molecule has 0 aliphatic heterocycles. The minimum Gasteiger partial charge on any atom is -0.0654 e. The lowest BCUT2D eigenvalue weighted by atomic mass is 9.87. The summed E-state index contributed by atoms with van der Waals surface area (Å²) in [7, 11) is 0. The van der Waals surface area contributed by atoms with Crippen LogP contribution in [0.4, 0.5) is 0 Å². The van der Waals surface area contributed by atoms with E-state index in [2.05, 4.69) is 93.1 Å². The molecule has 0 spiro atoms. The van der Waals surface area contributed by atoms with Crippen LogP contribution in [0.25, 0.3) is 28.3 Å². The van der Waals surface area contributed by atoms with Crippen molar-refractivity contribution in [3.05, 3.63) is 95.4 Å². The molecule has 1 aliphatic carbocycles. The van der Waals surface area contributed by atoms with Crippen molar-refractivity contribution in [1.82, 2.24) is 0 Å². The van der Waals surface area contributed by atoms with Gasteiger partial charge >= 0.3 is 0 Å². The Morgan fingerprint density at radius 1 is 0.741 bits per heavy atom. The number of hydrogen-bond donors (Lipinski definition) is 0. The largest absolute Gasteiger partial charge is 0.0654 e. The van der Waals surface area contributed by atoms with E-state index >= 15 is 0 Å². The normalized spacial score (nSPS) is 12.7. The molecule has 0 fully saturated rings. The standard InChI is InChI=1S/C27H27/c1-3-5-11-20-18-23-17-16-21(4-2)27(26(23)19-20)25-15-10-9-14-24(25)22-12-7-6-8-13-22/h6-10,12-19H,3-5,11H2,1-2H3. The third-order valence-corrected chi connectivity index (χ3v) is 5.52. The van der Waals surface area contributed by atoms with Gasteiger partial charge in [0.15, 0.2) is 0 Å². The number of unbranched alkanes of at least 4 members (excludes halogenated alkanes) is 1. The Balaban J connectivity index is 1.89. The number of hydrogen-bond acceptors (Lipinski definition) is 0. The van der Waals surface area contributed by atoms with Crippen LogP contribution in [-0.2, 0) is 6.42 Å². The first-order valence-corrected chi connectivity index (χ1v) is 10.2. The zero-order valence-electron chi connectivity index (χ0n) is 16.3. The average molecular weight is 352 g/mol. The fourth-order valence-electron chi connectivity index (χ4n) is 4.10. The highest BCUT2D eigenvalue weighted by molar-refractivity contribution is 5.92. The average Bonchev–Trinajstić information content (AvgIpc) is 3.15. The van der Waals surface area contributed by atoms with Gasteiger partial charge in [-0.15, -0.1) is 0 Å². The molecule has 27 heavy (non-hydrogen) atoms. The van der Waals surface area contributed by atoms with Crippen molar-refractivity contribution < 1.29 is 0 Å². The maximum absolute atomic E-state index is 2.43. The van der Waals surface area contributed by atoms with E-state index in [1.165, 1.54) is 63.8 Å². The third kappa shape index (κ3) is 3.49. The van der Waals surface area contributed by atoms with E-state index in [-0.39, 0.29) is 0 Å². The molecule has 3 aromatic rings. The Bertz CT molecular complexity index is 961. The van der Waals surface area contributed by atoms with E-state index < -0.39 is 0 Å². The number of allylic oxidation sites excluding steroid dienone is 1. The van der Waals surface area contributed by atoms with Crippen LogP contribution in [0.5, 0.6) is 0 Å². The SMILES string of the molecule is CCCCC1=Cc2c(ccc(CC)c2-c2ccccc2-c2ccccc2)[CH]1. The van der Waals surface area contributed by atoms with Crippen molar-refractivity contribution in [2.24, 2.45) is 0 Å². The van der Waals surface area contributed by atoms with Crippen molar-refractivity contribution in [2.45, 2.75) is 39.5 Å².